The summed E-state index contributed by atoms with van der Waals surface area (Å²) in [6.07, 6.45) is -0.992. The highest BCUT2D eigenvalue weighted by Crippen LogP contribution is 2.30. The number of ether oxygens (including phenoxy) is 1. The molecule has 118 valence electrons. The summed E-state index contributed by atoms with van der Waals surface area (Å²) in [5.74, 6) is -0.171. The van der Waals surface area contributed by atoms with Crippen molar-refractivity contribution in [3.63, 3.8) is 0 Å². The van der Waals surface area contributed by atoms with Crippen LogP contribution in [0, 0.1) is 0 Å². The molecule has 1 heterocycles. The fourth-order valence-electron chi connectivity index (χ4n) is 2.18. The Morgan fingerprint density at radius 1 is 1.17 bits per heavy atom. The Balaban J connectivity index is 1.66. The van der Waals surface area contributed by atoms with Crippen molar-refractivity contribution in [3.8, 4) is 5.75 Å². The van der Waals surface area contributed by atoms with Crippen LogP contribution in [0.5, 0.6) is 5.75 Å². The summed E-state index contributed by atoms with van der Waals surface area (Å²) < 4.78 is 5.58. The molecule has 0 aromatic heterocycles. The molecule has 0 radical (unpaired) electrons. The van der Waals surface area contributed by atoms with Gasteiger partial charge in [-0.1, -0.05) is 35.3 Å². The zero-order valence-electron chi connectivity index (χ0n) is 11.8. The second-order valence-corrected chi connectivity index (χ2v) is 5.79. The summed E-state index contributed by atoms with van der Waals surface area (Å²) >= 11 is 11.7. The molecule has 23 heavy (non-hydrogen) atoms. The van der Waals surface area contributed by atoms with Crippen molar-refractivity contribution in [2.75, 3.05) is 10.6 Å². The maximum atomic E-state index is 12.1. The van der Waals surface area contributed by atoms with E-state index in [1.54, 1.807) is 42.5 Å². The lowest BCUT2D eigenvalue weighted by Crippen LogP contribution is -2.39. The SMILES string of the molecule is O=C(C[C@H]1Oc2ccccc2NC1=O)Nc1ccc(Cl)c(Cl)c1. The van der Waals surface area contributed by atoms with Crippen LogP contribution in [0.4, 0.5) is 11.4 Å². The van der Waals surface area contributed by atoms with Crippen LogP contribution in [0.3, 0.4) is 0 Å². The number of halogens is 2. The van der Waals surface area contributed by atoms with Crippen LogP contribution in [-0.2, 0) is 9.59 Å². The van der Waals surface area contributed by atoms with Gasteiger partial charge in [0.1, 0.15) is 5.75 Å². The lowest BCUT2D eigenvalue weighted by Gasteiger charge is -2.25. The highest BCUT2D eigenvalue weighted by molar-refractivity contribution is 6.42. The van der Waals surface area contributed by atoms with Gasteiger partial charge in [0, 0.05) is 5.69 Å². The molecule has 0 bridgehead atoms. The first-order valence-electron chi connectivity index (χ1n) is 6.84. The Labute approximate surface area is 142 Å². The first-order chi connectivity index (χ1) is 11.0. The first-order valence-corrected chi connectivity index (χ1v) is 7.60. The van der Waals surface area contributed by atoms with Gasteiger partial charge in [0.25, 0.3) is 5.91 Å². The molecule has 0 spiro atoms. The van der Waals surface area contributed by atoms with Crippen LogP contribution < -0.4 is 15.4 Å². The van der Waals surface area contributed by atoms with Gasteiger partial charge in [-0.3, -0.25) is 9.59 Å². The van der Waals surface area contributed by atoms with Gasteiger partial charge in [-0.2, -0.15) is 0 Å². The highest BCUT2D eigenvalue weighted by Gasteiger charge is 2.29. The Hall–Kier alpha value is -2.24. The van der Waals surface area contributed by atoms with E-state index in [9.17, 15) is 9.59 Å². The van der Waals surface area contributed by atoms with Gasteiger partial charge in [0.05, 0.1) is 22.2 Å². The molecule has 1 atom stereocenters. The minimum Gasteiger partial charge on any atom is -0.478 e. The number of hydrogen-bond acceptors (Lipinski definition) is 3. The summed E-state index contributed by atoms with van der Waals surface area (Å²) in [6.45, 7) is 0. The average Bonchev–Trinajstić information content (AvgIpc) is 2.51. The summed E-state index contributed by atoms with van der Waals surface area (Å²) in [5, 5.41) is 6.11. The van der Waals surface area contributed by atoms with E-state index in [0.29, 0.717) is 27.2 Å². The topological polar surface area (TPSA) is 67.4 Å². The third-order valence-corrected chi connectivity index (χ3v) is 4.02. The summed E-state index contributed by atoms with van der Waals surface area (Å²) in [6, 6.07) is 11.8. The van der Waals surface area contributed by atoms with Crippen LogP contribution in [0.2, 0.25) is 10.0 Å². The fourth-order valence-corrected chi connectivity index (χ4v) is 2.48. The molecule has 5 nitrogen and oxygen atoms in total. The summed E-state index contributed by atoms with van der Waals surface area (Å²) in [5.41, 5.74) is 1.10. The van der Waals surface area contributed by atoms with Crippen molar-refractivity contribution in [3.05, 3.63) is 52.5 Å². The fraction of sp³-hybridized carbons (Fsp3) is 0.125. The van der Waals surface area contributed by atoms with Gasteiger partial charge in [0.2, 0.25) is 5.91 Å². The molecule has 1 aliphatic rings. The largest absolute Gasteiger partial charge is 0.478 e. The zero-order valence-corrected chi connectivity index (χ0v) is 13.3. The van der Waals surface area contributed by atoms with E-state index in [-0.39, 0.29) is 18.2 Å². The minimum absolute atomic E-state index is 0.111. The quantitative estimate of drug-likeness (QED) is 0.886. The van der Waals surface area contributed by atoms with E-state index in [2.05, 4.69) is 10.6 Å². The van der Waals surface area contributed by atoms with Crippen LogP contribution in [-0.4, -0.2) is 17.9 Å². The molecule has 2 N–H and O–H groups in total. The molecule has 0 unspecified atom stereocenters. The Morgan fingerprint density at radius 3 is 2.74 bits per heavy atom. The molecular weight excluding hydrogens is 339 g/mol. The second kappa shape index (κ2) is 6.48. The number of amides is 2. The lowest BCUT2D eigenvalue weighted by molar-refractivity contribution is -0.128. The van der Waals surface area contributed by atoms with Crippen LogP contribution in [0.25, 0.3) is 0 Å². The minimum atomic E-state index is -0.882. The van der Waals surface area contributed by atoms with Crippen molar-refractivity contribution in [2.45, 2.75) is 12.5 Å². The normalized spacial score (nSPS) is 16.1. The van der Waals surface area contributed by atoms with Crippen molar-refractivity contribution in [1.29, 1.82) is 0 Å². The highest BCUT2D eigenvalue weighted by atomic mass is 35.5. The molecule has 7 heteroatoms. The van der Waals surface area contributed by atoms with Crippen LogP contribution >= 0.6 is 23.2 Å². The van der Waals surface area contributed by atoms with Crippen LogP contribution in [0.15, 0.2) is 42.5 Å². The van der Waals surface area contributed by atoms with E-state index in [1.165, 1.54) is 0 Å². The molecule has 2 aromatic carbocycles. The van der Waals surface area contributed by atoms with E-state index >= 15 is 0 Å². The molecule has 3 rings (SSSR count). The van der Waals surface area contributed by atoms with Gasteiger partial charge in [-0.05, 0) is 30.3 Å². The molecule has 0 saturated heterocycles. The lowest BCUT2D eigenvalue weighted by atomic mass is 10.1. The van der Waals surface area contributed by atoms with Crippen molar-refractivity contribution in [1.82, 2.24) is 0 Å². The van der Waals surface area contributed by atoms with Crippen molar-refractivity contribution in [2.24, 2.45) is 0 Å². The summed E-state index contributed by atoms with van der Waals surface area (Å²) in [7, 11) is 0. The predicted octanol–water partition coefficient (Wildman–Crippen LogP) is 3.72. The summed E-state index contributed by atoms with van der Waals surface area (Å²) in [4.78, 5) is 24.1. The molecule has 2 amide bonds. The van der Waals surface area contributed by atoms with Crippen molar-refractivity contribution >= 4 is 46.4 Å². The second-order valence-electron chi connectivity index (χ2n) is 4.97. The van der Waals surface area contributed by atoms with Gasteiger partial charge in [-0.25, -0.2) is 0 Å². The number of carbonyl (C=O) groups is 2. The van der Waals surface area contributed by atoms with Gasteiger partial charge >= 0.3 is 0 Å². The number of para-hydroxylation sites is 2. The number of rotatable bonds is 3. The maximum absolute atomic E-state index is 12.1. The van der Waals surface area contributed by atoms with E-state index in [4.69, 9.17) is 27.9 Å². The predicted molar refractivity (Wildman–Crippen MR) is 89.2 cm³/mol. The number of nitrogens with one attached hydrogen (secondary N) is 2. The Kier molecular flexibility index (Phi) is 4.41. The molecule has 2 aromatic rings. The van der Waals surface area contributed by atoms with E-state index < -0.39 is 6.10 Å². The average molecular weight is 351 g/mol. The zero-order chi connectivity index (χ0) is 16.4. The number of hydrogen-bond donors (Lipinski definition) is 2. The number of fused-ring (bicyclic) bond motifs is 1. The first kappa shape index (κ1) is 15.6. The van der Waals surface area contributed by atoms with Gasteiger partial charge < -0.3 is 15.4 Å². The van der Waals surface area contributed by atoms with Crippen molar-refractivity contribution < 1.29 is 14.3 Å². The molecule has 0 aliphatic carbocycles. The monoisotopic (exact) mass is 350 g/mol. The molecular formula is C16H12Cl2N2O3. The maximum Gasteiger partial charge on any atom is 0.266 e. The Morgan fingerprint density at radius 2 is 1.96 bits per heavy atom. The van der Waals surface area contributed by atoms with E-state index in [1.807, 2.05) is 0 Å². The smallest absolute Gasteiger partial charge is 0.266 e. The third-order valence-electron chi connectivity index (χ3n) is 3.28. The standard InChI is InChI=1S/C16H12Cl2N2O3/c17-10-6-5-9(7-11(10)18)19-15(21)8-14-16(22)20-12-3-1-2-4-13(12)23-14/h1-7,14H,8H2,(H,19,21)(H,20,22)/t14-/m1/s1. The molecule has 0 fully saturated rings. The number of benzene rings is 2. The van der Waals surface area contributed by atoms with Crippen LogP contribution in [0.1, 0.15) is 6.42 Å². The van der Waals surface area contributed by atoms with Gasteiger partial charge in [0.15, 0.2) is 6.10 Å². The Bertz CT molecular complexity index is 780. The van der Waals surface area contributed by atoms with Gasteiger partial charge in [-0.15, -0.1) is 0 Å². The third kappa shape index (κ3) is 3.57. The molecule has 1 aliphatic heterocycles. The number of anilines is 2. The number of carbonyl (C=O) groups excluding carboxylic acids is 2. The molecule has 0 saturated carbocycles. The van der Waals surface area contributed by atoms with E-state index in [0.717, 1.165) is 0 Å².